The summed E-state index contributed by atoms with van der Waals surface area (Å²) in [6, 6.07) is 1.83. The predicted molar refractivity (Wildman–Crippen MR) is 64.3 cm³/mol. The molecule has 1 saturated heterocycles. The summed E-state index contributed by atoms with van der Waals surface area (Å²) >= 11 is 0. The van der Waals surface area contributed by atoms with Gasteiger partial charge >= 0.3 is 0 Å². The van der Waals surface area contributed by atoms with Crippen molar-refractivity contribution in [2.24, 2.45) is 0 Å². The summed E-state index contributed by atoms with van der Waals surface area (Å²) < 4.78 is 11.9. The molecule has 2 amide bonds. The van der Waals surface area contributed by atoms with E-state index in [1.165, 1.54) is 0 Å². The third-order valence-electron chi connectivity index (χ3n) is 2.32. The number of amides is 2. The fourth-order valence-electron chi connectivity index (χ4n) is 1.44. The lowest BCUT2D eigenvalue weighted by Gasteiger charge is -2.11. The van der Waals surface area contributed by atoms with Crippen LogP contribution in [0.1, 0.15) is 6.92 Å². The van der Waals surface area contributed by atoms with Crippen molar-refractivity contribution in [1.29, 1.82) is 5.26 Å². The number of hydrogen-bond donors (Lipinski definition) is 1. The number of halogens is 1. The zero-order chi connectivity index (χ0) is 12.8. The number of rotatable bonds is 4. The number of nitriles is 1. The van der Waals surface area contributed by atoms with Gasteiger partial charge in [0.25, 0.3) is 5.91 Å². The topological polar surface area (TPSA) is 73.2 Å². The van der Waals surface area contributed by atoms with E-state index in [-0.39, 0.29) is 23.1 Å². The second-order valence-electron chi connectivity index (χ2n) is 3.40. The lowest BCUT2D eigenvalue weighted by molar-refractivity contribution is -0.126. The van der Waals surface area contributed by atoms with Crippen molar-refractivity contribution < 1.29 is 14.0 Å². The number of carbonyl (C=O) groups is 2. The molecule has 1 rings (SSSR count). The standard InChI is InChI=1S/C10H14FN3O2S/c1-2-14-7-17(6-9(14)15)8(5-12)10(16)13-4-3-11/h2-4,6-7H2,1H3,(H,13,16). The molecule has 0 spiro atoms. The molecule has 0 aromatic heterocycles. The Morgan fingerprint density at radius 3 is 2.88 bits per heavy atom. The lowest BCUT2D eigenvalue weighted by atomic mass is 10.4. The Labute approximate surface area is 102 Å². The number of alkyl halides is 1. The number of carbonyl (C=O) groups excluding carboxylic acids is 2. The van der Waals surface area contributed by atoms with Crippen LogP contribution in [0.25, 0.3) is 0 Å². The van der Waals surface area contributed by atoms with E-state index in [9.17, 15) is 14.0 Å². The van der Waals surface area contributed by atoms with Gasteiger partial charge < -0.3 is 10.2 Å². The molecule has 17 heavy (non-hydrogen) atoms. The van der Waals surface area contributed by atoms with Crippen molar-refractivity contribution in [2.75, 3.05) is 31.4 Å². The molecule has 1 aliphatic heterocycles. The van der Waals surface area contributed by atoms with Crippen LogP contribution >= 0.6 is 10.5 Å². The van der Waals surface area contributed by atoms with Gasteiger partial charge in [-0.15, -0.1) is 10.5 Å². The van der Waals surface area contributed by atoms with Crippen LogP contribution in [-0.4, -0.2) is 53.0 Å². The zero-order valence-corrected chi connectivity index (χ0v) is 10.3. The molecule has 0 aromatic rings. The van der Waals surface area contributed by atoms with E-state index in [4.69, 9.17) is 5.26 Å². The fourth-order valence-corrected chi connectivity index (χ4v) is 3.45. The van der Waals surface area contributed by atoms with E-state index in [2.05, 4.69) is 5.32 Å². The zero-order valence-electron chi connectivity index (χ0n) is 9.53. The fraction of sp³-hybridized carbons (Fsp3) is 0.600. The van der Waals surface area contributed by atoms with Crippen molar-refractivity contribution in [3.8, 4) is 6.07 Å². The highest BCUT2D eigenvalue weighted by molar-refractivity contribution is 8.18. The molecule has 1 atom stereocenters. The number of nitrogens with one attached hydrogen (secondary N) is 1. The Hall–Kier alpha value is -1.42. The second kappa shape index (κ2) is 6.35. The summed E-state index contributed by atoms with van der Waals surface area (Å²) in [6.07, 6.45) is 0. The van der Waals surface area contributed by atoms with Crippen LogP contribution in [-0.2, 0) is 9.59 Å². The Morgan fingerprint density at radius 1 is 1.71 bits per heavy atom. The molecule has 1 unspecified atom stereocenters. The normalized spacial score (nSPS) is 20.1. The summed E-state index contributed by atoms with van der Waals surface area (Å²) in [7, 11) is -0.661. The van der Waals surface area contributed by atoms with Gasteiger partial charge in [-0.1, -0.05) is 0 Å². The monoisotopic (exact) mass is 259 g/mol. The van der Waals surface area contributed by atoms with Crippen LogP contribution < -0.4 is 5.32 Å². The van der Waals surface area contributed by atoms with Gasteiger partial charge in [0.15, 0.2) is 0 Å². The van der Waals surface area contributed by atoms with Gasteiger partial charge in [0, 0.05) is 13.1 Å². The van der Waals surface area contributed by atoms with Crippen LogP contribution in [0.15, 0.2) is 0 Å². The first-order valence-corrected chi connectivity index (χ1v) is 6.76. The molecule has 0 saturated carbocycles. The lowest BCUT2D eigenvalue weighted by Crippen LogP contribution is -2.32. The van der Waals surface area contributed by atoms with Crippen LogP contribution in [0, 0.1) is 11.3 Å². The molecule has 1 aliphatic rings. The minimum Gasteiger partial charge on any atom is -0.348 e. The predicted octanol–water partition coefficient (Wildman–Crippen LogP) is -0.143. The molecule has 5 nitrogen and oxygen atoms in total. The third kappa shape index (κ3) is 3.27. The summed E-state index contributed by atoms with van der Waals surface area (Å²) in [5, 5.41) is 11.2. The van der Waals surface area contributed by atoms with E-state index in [1.54, 1.807) is 4.90 Å². The van der Waals surface area contributed by atoms with E-state index in [1.807, 2.05) is 13.0 Å². The minimum absolute atomic E-state index is 0.0399. The maximum atomic E-state index is 11.9. The molecule has 94 valence electrons. The quantitative estimate of drug-likeness (QED) is 0.714. The van der Waals surface area contributed by atoms with Gasteiger partial charge in [-0.05, 0) is 6.92 Å². The third-order valence-corrected chi connectivity index (χ3v) is 4.39. The van der Waals surface area contributed by atoms with Crippen molar-refractivity contribution in [3.63, 3.8) is 0 Å². The van der Waals surface area contributed by atoms with Crippen molar-refractivity contribution in [2.45, 2.75) is 6.92 Å². The summed E-state index contributed by atoms with van der Waals surface area (Å²) in [5.41, 5.74) is 0. The summed E-state index contributed by atoms with van der Waals surface area (Å²) in [4.78, 5) is 24.7. The summed E-state index contributed by atoms with van der Waals surface area (Å²) in [5.74, 6) is 0.0298. The largest absolute Gasteiger partial charge is 0.348 e. The molecule has 0 aromatic carbocycles. The highest BCUT2D eigenvalue weighted by atomic mass is 32.2. The van der Waals surface area contributed by atoms with Gasteiger partial charge in [-0.2, -0.15) is 5.26 Å². The second-order valence-corrected chi connectivity index (χ2v) is 5.34. The van der Waals surface area contributed by atoms with E-state index in [0.717, 1.165) is 0 Å². The Morgan fingerprint density at radius 2 is 2.41 bits per heavy atom. The Balaban J connectivity index is 2.83. The van der Waals surface area contributed by atoms with Gasteiger partial charge in [-0.3, -0.25) is 9.59 Å². The van der Waals surface area contributed by atoms with Crippen LogP contribution in [0.4, 0.5) is 4.39 Å². The number of hydrogen-bond acceptors (Lipinski definition) is 3. The molecule has 1 heterocycles. The maximum Gasteiger partial charge on any atom is 0.267 e. The molecule has 0 radical (unpaired) electrons. The molecule has 1 N–H and O–H groups in total. The van der Waals surface area contributed by atoms with Crippen molar-refractivity contribution in [1.82, 2.24) is 10.2 Å². The van der Waals surface area contributed by atoms with Crippen molar-refractivity contribution >= 4 is 27.2 Å². The van der Waals surface area contributed by atoms with E-state index in [0.29, 0.717) is 12.4 Å². The number of nitrogens with zero attached hydrogens (tertiary/aromatic N) is 2. The van der Waals surface area contributed by atoms with Crippen LogP contribution in [0.3, 0.4) is 0 Å². The van der Waals surface area contributed by atoms with Gasteiger partial charge in [0.05, 0.1) is 11.6 Å². The van der Waals surface area contributed by atoms with E-state index < -0.39 is 23.1 Å². The molecular weight excluding hydrogens is 245 g/mol. The van der Waals surface area contributed by atoms with Gasteiger partial charge in [-0.25, -0.2) is 4.39 Å². The molecule has 1 fully saturated rings. The first kappa shape index (κ1) is 13.6. The molecule has 0 aliphatic carbocycles. The highest BCUT2D eigenvalue weighted by Gasteiger charge is 2.27. The molecular formula is C10H14FN3O2S. The molecule has 7 heteroatoms. The van der Waals surface area contributed by atoms with Crippen molar-refractivity contribution in [3.05, 3.63) is 0 Å². The van der Waals surface area contributed by atoms with Gasteiger partial charge in [0.1, 0.15) is 17.6 Å². The SMILES string of the molecule is CCN1C/S(=C(/C#N)C(=O)NCCF)CC1=O. The Bertz CT molecular complexity index is 403. The minimum atomic E-state index is -0.668. The average Bonchev–Trinajstić information content (AvgIpc) is 2.68. The molecule has 0 bridgehead atoms. The van der Waals surface area contributed by atoms with Gasteiger partial charge in [0.2, 0.25) is 5.91 Å². The van der Waals surface area contributed by atoms with Crippen LogP contribution in [0.5, 0.6) is 0 Å². The Kier molecular flexibility index (Phi) is 5.10. The first-order chi connectivity index (χ1) is 8.13. The smallest absolute Gasteiger partial charge is 0.267 e. The first-order valence-electron chi connectivity index (χ1n) is 5.20. The van der Waals surface area contributed by atoms with E-state index >= 15 is 0 Å². The summed E-state index contributed by atoms with van der Waals surface area (Å²) in [6.45, 7) is 1.65. The van der Waals surface area contributed by atoms with Crippen LogP contribution in [0.2, 0.25) is 0 Å². The average molecular weight is 259 g/mol. The maximum absolute atomic E-state index is 11.9. The highest BCUT2D eigenvalue weighted by Crippen LogP contribution is 2.24.